The van der Waals surface area contributed by atoms with E-state index >= 15 is 0 Å². The fourth-order valence-electron chi connectivity index (χ4n) is 2.54. The zero-order valence-electron chi connectivity index (χ0n) is 10.8. The van der Waals surface area contributed by atoms with Gasteiger partial charge in [0.05, 0.1) is 19.3 Å². The van der Waals surface area contributed by atoms with Crippen LogP contribution in [0.1, 0.15) is 6.42 Å². The summed E-state index contributed by atoms with van der Waals surface area (Å²) in [6.07, 6.45) is 0.617. The second-order valence-electron chi connectivity index (χ2n) is 4.99. The maximum absolute atomic E-state index is 9.65. The van der Waals surface area contributed by atoms with E-state index in [1.165, 1.54) is 3.57 Å². The quantitative estimate of drug-likeness (QED) is 0.785. The fourth-order valence-corrected chi connectivity index (χ4v) is 3.09. The SMILES string of the molecule is O[C@@H]1CCN(c2cc(I)cc(N3CCOCC3)n2)C1. The summed E-state index contributed by atoms with van der Waals surface area (Å²) in [5.74, 6) is 2.00. The predicted octanol–water partition coefficient (Wildman–Crippen LogP) is 1.09. The number of ether oxygens (including phenoxy) is 1. The Bertz CT molecular complexity index is 429. The second kappa shape index (κ2) is 5.80. The summed E-state index contributed by atoms with van der Waals surface area (Å²) in [6.45, 7) is 4.91. The van der Waals surface area contributed by atoms with Crippen LogP contribution in [0.25, 0.3) is 0 Å². The number of hydrogen-bond donors (Lipinski definition) is 1. The van der Waals surface area contributed by atoms with Crippen LogP contribution >= 0.6 is 22.6 Å². The van der Waals surface area contributed by atoms with Gasteiger partial charge in [0.15, 0.2) is 0 Å². The summed E-state index contributed by atoms with van der Waals surface area (Å²) in [5.41, 5.74) is 0. The number of hydrogen-bond acceptors (Lipinski definition) is 5. The molecule has 2 aliphatic rings. The topological polar surface area (TPSA) is 48.8 Å². The third-order valence-electron chi connectivity index (χ3n) is 3.59. The Labute approximate surface area is 126 Å². The smallest absolute Gasteiger partial charge is 0.132 e. The van der Waals surface area contributed by atoms with Crippen LogP contribution in [0.15, 0.2) is 12.1 Å². The van der Waals surface area contributed by atoms with E-state index in [0.717, 1.165) is 50.9 Å². The lowest BCUT2D eigenvalue weighted by Crippen LogP contribution is -2.37. The van der Waals surface area contributed by atoms with Crippen molar-refractivity contribution in [1.82, 2.24) is 4.98 Å². The van der Waals surface area contributed by atoms with Crippen LogP contribution in [0, 0.1) is 3.57 Å². The van der Waals surface area contributed by atoms with E-state index in [-0.39, 0.29) is 6.10 Å². The third kappa shape index (κ3) is 3.11. The summed E-state index contributed by atoms with van der Waals surface area (Å²) in [7, 11) is 0. The maximum atomic E-state index is 9.65. The molecular weight excluding hydrogens is 357 g/mol. The predicted molar refractivity (Wildman–Crippen MR) is 82.8 cm³/mol. The summed E-state index contributed by atoms with van der Waals surface area (Å²) < 4.78 is 6.57. The first kappa shape index (κ1) is 13.4. The number of β-amino-alcohol motifs (C(OH)–C–C–N with tert-alkyl or cyclic N) is 1. The lowest BCUT2D eigenvalue weighted by molar-refractivity contribution is 0.122. The normalized spacial score (nSPS) is 24.0. The van der Waals surface area contributed by atoms with Crippen LogP contribution in [0.3, 0.4) is 0 Å². The average molecular weight is 375 g/mol. The Morgan fingerprint density at radius 3 is 2.47 bits per heavy atom. The van der Waals surface area contributed by atoms with Gasteiger partial charge in [-0.15, -0.1) is 0 Å². The third-order valence-corrected chi connectivity index (χ3v) is 4.21. The van der Waals surface area contributed by atoms with Crippen LogP contribution in [-0.2, 0) is 4.74 Å². The first-order valence-corrected chi connectivity index (χ1v) is 7.73. The molecule has 1 atom stereocenters. The molecule has 0 unspecified atom stereocenters. The monoisotopic (exact) mass is 375 g/mol. The highest BCUT2D eigenvalue weighted by Gasteiger charge is 2.23. The van der Waals surface area contributed by atoms with Crippen LogP contribution in [0.4, 0.5) is 11.6 Å². The number of halogens is 1. The zero-order chi connectivity index (χ0) is 13.2. The van der Waals surface area contributed by atoms with Gasteiger partial charge in [-0.1, -0.05) is 0 Å². The molecule has 5 nitrogen and oxygen atoms in total. The van der Waals surface area contributed by atoms with Gasteiger partial charge in [-0.05, 0) is 41.1 Å². The largest absolute Gasteiger partial charge is 0.391 e. The average Bonchev–Trinajstić information content (AvgIpc) is 2.86. The minimum Gasteiger partial charge on any atom is -0.391 e. The van der Waals surface area contributed by atoms with E-state index in [2.05, 4.69) is 44.5 Å². The lowest BCUT2D eigenvalue weighted by Gasteiger charge is -2.29. The molecule has 1 N–H and O–H groups in total. The van der Waals surface area contributed by atoms with Crippen molar-refractivity contribution >= 4 is 34.2 Å². The molecule has 104 valence electrons. The number of nitrogens with zero attached hydrogens (tertiary/aromatic N) is 3. The molecular formula is C13H18IN3O2. The van der Waals surface area contributed by atoms with Gasteiger partial charge in [0.2, 0.25) is 0 Å². The summed E-state index contributed by atoms with van der Waals surface area (Å²) in [5, 5.41) is 9.65. The Kier molecular flexibility index (Phi) is 4.09. The van der Waals surface area contributed by atoms with Crippen molar-refractivity contribution in [3.8, 4) is 0 Å². The molecule has 0 aromatic carbocycles. The Hall–Kier alpha value is -0.600. The molecule has 2 fully saturated rings. The van der Waals surface area contributed by atoms with E-state index in [4.69, 9.17) is 9.72 Å². The molecule has 1 aromatic rings. The van der Waals surface area contributed by atoms with Crippen LogP contribution in [0.5, 0.6) is 0 Å². The second-order valence-corrected chi connectivity index (χ2v) is 6.24. The van der Waals surface area contributed by atoms with E-state index in [1.807, 2.05) is 0 Å². The van der Waals surface area contributed by atoms with Crippen molar-refractivity contribution in [3.05, 3.63) is 15.7 Å². The molecule has 0 saturated carbocycles. The highest BCUT2D eigenvalue weighted by atomic mass is 127. The number of anilines is 2. The van der Waals surface area contributed by atoms with Gasteiger partial charge < -0.3 is 19.6 Å². The van der Waals surface area contributed by atoms with Crippen molar-refractivity contribution in [3.63, 3.8) is 0 Å². The number of pyridine rings is 1. The zero-order valence-corrected chi connectivity index (χ0v) is 12.9. The summed E-state index contributed by atoms with van der Waals surface area (Å²) in [6, 6.07) is 4.20. The van der Waals surface area contributed by atoms with Crippen molar-refractivity contribution in [2.24, 2.45) is 0 Å². The van der Waals surface area contributed by atoms with Gasteiger partial charge in [-0.25, -0.2) is 4.98 Å². The van der Waals surface area contributed by atoms with E-state index in [0.29, 0.717) is 6.54 Å². The molecule has 3 rings (SSSR count). The molecule has 2 saturated heterocycles. The number of morpholine rings is 1. The molecule has 3 heterocycles. The Morgan fingerprint density at radius 1 is 1.16 bits per heavy atom. The highest BCUT2D eigenvalue weighted by molar-refractivity contribution is 14.1. The molecule has 0 aliphatic carbocycles. The standard InChI is InChI=1S/C13H18IN3O2/c14-10-7-12(16-3-5-19-6-4-16)15-13(8-10)17-2-1-11(18)9-17/h7-8,11,18H,1-6,9H2/t11-/m1/s1. The van der Waals surface area contributed by atoms with Crippen LogP contribution in [0.2, 0.25) is 0 Å². The van der Waals surface area contributed by atoms with Crippen molar-refractivity contribution in [1.29, 1.82) is 0 Å². The lowest BCUT2D eigenvalue weighted by atomic mass is 10.3. The first-order valence-electron chi connectivity index (χ1n) is 6.66. The molecule has 0 bridgehead atoms. The van der Waals surface area contributed by atoms with Crippen molar-refractivity contribution in [2.45, 2.75) is 12.5 Å². The van der Waals surface area contributed by atoms with Gasteiger partial charge in [0, 0.05) is 29.7 Å². The van der Waals surface area contributed by atoms with Gasteiger partial charge in [0.25, 0.3) is 0 Å². The van der Waals surface area contributed by atoms with Crippen molar-refractivity contribution in [2.75, 3.05) is 49.2 Å². The summed E-state index contributed by atoms with van der Waals surface area (Å²) >= 11 is 2.33. The minimum atomic E-state index is -0.216. The Balaban J connectivity index is 1.83. The number of aromatic nitrogens is 1. The van der Waals surface area contributed by atoms with Crippen molar-refractivity contribution < 1.29 is 9.84 Å². The van der Waals surface area contributed by atoms with Gasteiger partial charge in [-0.3, -0.25) is 0 Å². The minimum absolute atomic E-state index is 0.216. The van der Waals surface area contributed by atoms with Crippen LogP contribution < -0.4 is 9.80 Å². The van der Waals surface area contributed by atoms with Crippen LogP contribution in [-0.4, -0.2) is 55.6 Å². The molecule has 0 radical (unpaired) electrons. The molecule has 1 aromatic heterocycles. The number of aliphatic hydroxyl groups excluding tert-OH is 1. The molecule has 0 spiro atoms. The number of rotatable bonds is 2. The summed E-state index contributed by atoms with van der Waals surface area (Å²) in [4.78, 5) is 9.18. The van der Waals surface area contributed by atoms with Gasteiger partial charge in [0.1, 0.15) is 11.6 Å². The maximum Gasteiger partial charge on any atom is 0.132 e. The molecule has 0 amide bonds. The van der Waals surface area contributed by atoms with Gasteiger partial charge in [-0.2, -0.15) is 0 Å². The molecule has 19 heavy (non-hydrogen) atoms. The Morgan fingerprint density at radius 2 is 1.84 bits per heavy atom. The molecule has 6 heteroatoms. The molecule has 2 aliphatic heterocycles. The number of aliphatic hydroxyl groups is 1. The van der Waals surface area contributed by atoms with E-state index in [1.54, 1.807) is 0 Å². The van der Waals surface area contributed by atoms with Gasteiger partial charge >= 0.3 is 0 Å². The van der Waals surface area contributed by atoms with E-state index < -0.39 is 0 Å². The van der Waals surface area contributed by atoms with E-state index in [9.17, 15) is 5.11 Å². The fraction of sp³-hybridized carbons (Fsp3) is 0.615. The first-order chi connectivity index (χ1) is 9.22. The highest BCUT2D eigenvalue weighted by Crippen LogP contribution is 2.25.